The van der Waals surface area contributed by atoms with Crippen LogP contribution in [0.25, 0.3) is 21.5 Å². The van der Waals surface area contributed by atoms with Gasteiger partial charge in [-0.25, -0.2) is 9.78 Å². The molecule has 1 N–H and O–H groups in total. The van der Waals surface area contributed by atoms with Gasteiger partial charge in [-0.05, 0) is 62.8 Å². The van der Waals surface area contributed by atoms with Crippen LogP contribution in [0.15, 0.2) is 34.9 Å². The molecule has 2 aliphatic heterocycles. The largest absolute Gasteiger partial charge is 0.478 e. The summed E-state index contributed by atoms with van der Waals surface area (Å²) in [5.41, 5.74) is 3.21. The molecule has 1 aliphatic carbocycles. The van der Waals surface area contributed by atoms with Crippen LogP contribution in [0.1, 0.15) is 71.7 Å². The lowest BCUT2D eigenvalue weighted by Gasteiger charge is -2.38. The number of hydrogen-bond donors (Lipinski definition) is 1. The van der Waals surface area contributed by atoms with E-state index in [4.69, 9.17) is 37.4 Å². The Morgan fingerprint density at radius 3 is 2.55 bits per heavy atom. The zero-order valence-electron chi connectivity index (χ0n) is 21.3. The van der Waals surface area contributed by atoms with Crippen LogP contribution in [0.4, 0.5) is 5.13 Å². The van der Waals surface area contributed by atoms with Crippen molar-refractivity contribution in [1.29, 1.82) is 5.26 Å². The Kier molecular flexibility index (Phi) is 6.47. The maximum absolute atomic E-state index is 11.5. The molecule has 0 amide bonds. The summed E-state index contributed by atoms with van der Waals surface area (Å²) >= 11 is 14.5. The van der Waals surface area contributed by atoms with E-state index in [1.54, 1.807) is 18.2 Å². The third-order valence-corrected chi connectivity index (χ3v) is 9.84. The van der Waals surface area contributed by atoms with Gasteiger partial charge in [0.1, 0.15) is 23.0 Å². The van der Waals surface area contributed by atoms with Crippen molar-refractivity contribution in [2.24, 2.45) is 0 Å². The lowest BCUT2D eigenvalue weighted by molar-refractivity contribution is 0.0147. The first-order valence-corrected chi connectivity index (χ1v) is 14.9. The van der Waals surface area contributed by atoms with Crippen molar-refractivity contribution in [1.82, 2.24) is 10.1 Å². The standard InChI is InChI=1S/C29H24Cl2N4O4S/c30-21-2-1-3-22(31)24(21)26-20(27(39-34-26)14-4-5-14)13-38-19-10-17-6-7-18(11-19)35(17)29-33-25-16(12-32)8-15(28(36)37)9-23(25)40-29/h1-3,8-9,14,17-19H,4-7,10-11,13H2,(H,36,37)/t17-,18+,19?. The second-order valence-electron chi connectivity index (χ2n) is 10.7. The van der Waals surface area contributed by atoms with Gasteiger partial charge in [0.15, 0.2) is 5.13 Å². The van der Waals surface area contributed by atoms with Crippen molar-refractivity contribution < 1.29 is 19.2 Å². The van der Waals surface area contributed by atoms with E-state index >= 15 is 0 Å². The molecule has 204 valence electrons. The van der Waals surface area contributed by atoms with Gasteiger partial charge >= 0.3 is 5.97 Å². The number of halogens is 2. The maximum Gasteiger partial charge on any atom is 0.335 e. The van der Waals surface area contributed by atoms with Gasteiger partial charge in [-0.3, -0.25) is 0 Å². The number of piperidine rings is 1. The zero-order valence-corrected chi connectivity index (χ0v) is 23.6. The molecule has 4 aromatic rings. The van der Waals surface area contributed by atoms with Crippen LogP contribution in [-0.2, 0) is 11.3 Å². The molecule has 3 aliphatic rings. The van der Waals surface area contributed by atoms with Gasteiger partial charge in [0.25, 0.3) is 0 Å². The highest BCUT2D eigenvalue weighted by Crippen LogP contribution is 2.47. The van der Waals surface area contributed by atoms with E-state index in [-0.39, 0.29) is 29.3 Å². The first-order valence-electron chi connectivity index (χ1n) is 13.3. The highest BCUT2D eigenvalue weighted by Gasteiger charge is 2.43. The van der Waals surface area contributed by atoms with E-state index in [9.17, 15) is 15.2 Å². The molecular weight excluding hydrogens is 571 g/mol. The number of benzene rings is 2. The Hall–Kier alpha value is -3.16. The first kappa shape index (κ1) is 25.8. The number of thiazole rings is 1. The Bertz CT molecular complexity index is 1660. The van der Waals surface area contributed by atoms with Crippen LogP contribution >= 0.6 is 34.5 Å². The van der Waals surface area contributed by atoms with Gasteiger partial charge in [0, 0.05) is 29.1 Å². The molecular formula is C29H24Cl2N4O4S. The summed E-state index contributed by atoms with van der Waals surface area (Å²) in [5, 5.41) is 25.3. The number of carboxylic acid groups (broad SMARTS) is 1. The van der Waals surface area contributed by atoms with Gasteiger partial charge in [0.05, 0.1) is 38.6 Å². The molecule has 3 atom stereocenters. The molecule has 4 heterocycles. The lowest BCUT2D eigenvalue weighted by Crippen LogP contribution is -2.45. The van der Waals surface area contributed by atoms with Gasteiger partial charge in [0.2, 0.25) is 0 Å². The summed E-state index contributed by atoms with van der Waals surface area (Å²) in [6.45, 7) is 0.376. The second kappa shape index (κ2) is 10.0. The molecule has 0 radical (unpaired) electrons. The minimum atomic E-state index is -1.05. The predicted octanol–water partition coefficient (Wildman–Crippen LogP) is 7.42. The van der Waals surface area contributed by atoms with Crippen molar-refractivity contribution in [3.8, 4) is 17.3 Å². The lowest BCUT2D eigenvalue weighted by atomic mass is 10.00. The molecule has 1 saturated carbocycles. The zero-order chi connectivity index (χ0) is 27.5. The molecule has 0 spiro atoms. The maximum atomic E-state index is 11.5. The first-order chi connectivity index (χ1) is 19.4. The van der Waals surface area contributed by atoms with E-state index in [1.165, 1.54) is 17.4 Å². The van der Waals surface area contributed by atoms with Crippen molar-refractivity contribution in [3.05, 3.63) is 62.8 Å². The fraction of sp³-hybridized carbons (Fsp3) is 0.379. The second-order valence-corrected chi connectivity index (χ2v) is 12.5. The summed E-state index contributed by atoms with van der Waals surface area (Å²) in [7, 11) is 0. The molecule has 2 aromatic carbocycles. The normalized spacial score (nSPS) is 22.1. The quantitative estimate of drug-likeness (QED) is 0.235. The minimum absolute atomic E-state index is 0.0629. The fourth-order valence-corrected chi connectivity index (χ4v) is 7.91. The number of carboxylic acids is 1. The molecule has 2 bridgehead atoms. The Labute approximate surface area is 244 Å². The summed E-state index contributed by atoms with van der Waals surface area (Å²) in [4.78, 5) is 18.7. The van der Waals surface area contributed by atoms with E-state index in [0.717, 1.165) is 59.7 Å². The predicted molar refractivity (Wildman–Crippen MR) is 152 cm³/mol. The molecule has 8 nitrogen and oxygen atoms in total. The Morgan fingerprint density at radius 2 is 1.90 bits per heavy atom. The monoisotopic (exact) mass is 594 g/mol. The molecule has 2 saturated heterocycles. The highest BCUT2D eigenvalue weighted by atomic mass is 35.5. The summed E-state index contributed by atoms with van der Waals surface area (Å²) in [6.07, 6.45) is 5.98. The van der Waals surface area contributed by atoms with E-state index in [2.05, 4.69) is 16.1 Å². The average molecular weight is 596 g/mol. The number of aromatic nitrogens is 2. The average Bonchev–Trinajstić information content (AvgIpc) is 3.46. The number of anilines is 1. The number of nitriles is 1. The van der Waals surface area contributed by atoms with Crippen LogP contribution in [0.3, 0.4) is 0 Å². The smallest absolute Gasteiger partial charge is 0.335 e. The third kappa shape index (κ3) is 4.44. The number of aromatic carboxylic acids is 1. The summed E-state index contributed by atoms with van der Waals surface area (Å²) < 4.78 is 13.1. The van der Waals surface area contributed by atoms with Crippen LogP contribution in [0, 0.1) is 11.3 Å². The Morgan fingerprint density at radius 1 is 1.18 bits per heavy atom. The van der Waals surface area contributed by atoms with Crippen molar-refractivity contribution in [2.75, 3.05) is 4.90 Å². The van der Waals surface area contributed by atoms with E-state index < -0.39 is 5.97 Å². The van der Waals surface area contributed by atoms with Crippen molar-refractivity contribution in [2.45, 2.75) is 69.2 Å². The SMILES string of the molecule is N#Cc1cc(C(=O)O)cc2sc(N3[C@@H]4CC[C@H]3CC(OCc3c(-c5c(Cl)cccc5Cl)noc3C3CC3)C4)nc12. The molecule has 1 unspecified atom stereocenters. The fourth-order valence-electron chi connectivity index (χ4n) is 6.16. The minimum Gasteiger partial charge on any atom is -0.478 e. The molecule has 3 fully saturated rings. The van der Waals surface area contributed by atoms with E-state index in [1.807, 2.05) is 6.07 Å². The summed E-state index contributed by atoms with van der Waals surface area (Å²) in [5.74, 6) is 0.178. The molecule has 7 rings (SSSR count). The number of carbonyl (C=O) groups is 1. The number of nitrogens with zero attached hydrogens (tertiary/aromatic N) is 4. The van der Waals surface area contributed by atoms with Gasteiger partial charge in [-0.2, -0.15) is 5.26 Å². The van der Waals surface area contributed by atoms with Crippen molar-refractivity contribution in [3.63, 3.8) is 0 Å². The highest BCUT2D eigenvalue weighted by molar-refractivity contribution is 7.22. The van der Waals surface area contributed by atoms with Gasteiger partial charge in [-0.15, -0.1) is 0 Å². The molecule has 40 heavy (non-hydrogen) atoms. The van der Waals surface area contributed by atoms with Gasteiger partial charge < -0.3 is 19.3 Å². The van der Waals surface area contributed by atoms with Crippen LogP contribution in [-0.4, -0.2) is 39.4 Å². The van der Waals surface area contributed by atoms with Crippen LogP contribution in [0.2, 0.25) is 10.0 Å². The molecule has 2 aromatic heterocycles. The van der Waals surface area contributed by atoms with Gasteiger partial charge in [-0.1, -0.05) is 45.8 Å². The van der Waals surface area contributed by atoms with Crippen molar-refractivity contribution >= 4 is 55.9 Å². The summed E-state index contributed by atoms with van der Waals surface area (Å²) in [6, 6.07) is 11.1. The van der Waals surface area contributed by atoms with Crippen LogP contribution < -0.4 is 4.90 Å². The third-order valence-electron chi connectivity index (χ3n) is 8.19. The topological polar surface area (TPSA) is 112 Å². The Balaban J connectivity index is 1.12. The van der Waals surface area contributed by atoms with Crippen LogP contribution in [0.5, 0.6) is 0 Å². The number of ether oxygens (including phenoxy) is 1. The van der Waals surface area contributed by atoms with E-state index in [0.29, 0.717) is 39.3 Å². The number of hydrogen-bond acceptors (Lipinski definition) is 8. The number of fused-ring (bicyclic) bond motifs is 3. The molecule has 11 heteroatoms. The number of rotatable bonds is 7.